The summed E-state index contributed by atoms with van der Waals surface area (Å²) in [6.07, 6.45) is 7.52. The Morgan fingerprint density at radius 2 is 1.97 bits per heavy atom. The number of hydrogen-bond donors (Lipinski definition) is 2. The van der Waals surface area contributed by atoms with Crippen LogP contribution in [0.2, 0.25) is 5.02 Å². The lowest BCUT2D eigenvalue weighted by atomic mass is 9.72. The molecule has 8 heteroatoms. The number of nitrogens with zero attached hydrogens (tertiary/aromatic N) is 2. The molecule has 1 saturated heterocycles. The summed E-state index contributed by atoms with van der Waals surface area (Å²) in [6, 6.07) is 8.03. The van der Waals surface area contributed by atoms with E-state index in [1.54, 1.807) is 23.1 Å². The molecule has 1 spiro atoms. The highest BCUT2D eigenvalue weighted by molar-refractivity contribution is 6.31. The molecule has 37 heavy (non-hydrogen) atoms. The standard InChI is InChI=1S/C29H35ClN4O3/c1-28(2)13-19(25(35)15-28)10-21(16-31)32-26(36)24-14-29(8-4-3-5-9-29)17-34(24)27(37)23-11-18-6-7-20(30)12-22(18)33-23/h6-7,11-12,19,21,24,33H,3-5,8-10,13-15,17H2,1-2H3,(H,32,36)/t19-,21+,24?/m1/s1. The molecule has 3 aliphatic rings. The molecule has 1 aliphatic heterocycles. The Morgan fingerprint density at radius 3 is 2.65 bits per heavy atom. The molecule has 2 saturated carbocycles. The highest BCUT2D eigenvalue weighted by Crippen LogP contribution is 2.47. The normalized spacial score (nSPS) is 25.4. The number of H-pyrrole nitrogens is 1. The maximum Gasteiger partial charge on any atom is 0.271 e. The van der Waals surface area contributed by atoms with Gasteiger partial charge in [0.05, 0.1) is 6.07 Å². The van der Waals surface area contributed by atoms with Crippen LogP contribution < -0.4 is 5.32 Å². The fourth-order valence-electron chi connectivity index (χ4n) is 6.92. The average Bonchev–Trinajstić information content (AvgIpc) is 3.51. The second-order valence-electron chi connectivity index (χ2n) is 12.3. The van der Waals surface area contributed by atoms with Crippen molar-refractivity contribution in [1.29, 1.82) is 5.26 Å². The number of ketones is 1. The molecule has 2 N–H and O–H groups in total. The van der Waals surface area contributed by atoms with Crippen molar-refractivity contribution in [2.24, 2.45) is 16.7 Å². The number of aromatic amines is 1. The van der Waals surface area contributed by atoms with Gasteiger partial charge in [0.1, 0.15) is 23.6 Å². The molecule has 0 bridgehead atoms. The number of halogens is 1. The summed E-state index contributed by atoms with van der Waals surface area (Å²) in [5.74, 6) is -0.566. The summed E-state index contributed by atoms with van der Waals surface area (Å²) < 4.78 is 0. The molecule has 3 atom stereocenters. The number of benzene rings is 1. The van der Waals surface area contributed by atoms with Gasteiger partial charge in [-0.25, -0.2) is 0 Å². The zero-order valence-electron chi connectivity index (χ0n) is 21.6. The van der Waals surface area contributed by atoms with Gasteiger partial charge in [0.25, 0.3) is 5.91 Å². The number of hydrogen-bond acceptors (Lipinski definition) is 4. The van der Waals surface area contributed by atoms with Gasteiger partial charge in [0.15, 0.2) is 0 Å². The third kappa shape index (κ3) is 5.27. The van der Waals surface area contributed by atoms with Crippen LogP contribution in [-0.2, 0) is 9.59 Å². The Hall–Kier alpha value is -2.85. The Labute approximate surface area is 222 Å². The molecule has 2 aliphatic carbocycles. The van der Waals surface area contributed by atoms with Crippen molar-refractivity contribution >= 4 is 40.1 Å². The van der Waals surface area contributed by atoms with E-state index >= 15 is 0 Å². The fraction of sp³-hybridized carbons (Fsp3) is 0.586. The van der Waals surface area contributed by atoms with Crippen LogP contribution in [0.25, 0.3) is 10.9 Å². The Morgan fingerprint density at radius 1 is 1.22 bits per heavy atom. The zero-order chi connectivity index (χ0) is 26.4. The second kappa shape index (κ2) is 9.79. The summed E-state index contributed by atoms with van der Waals surface area (Å²) in [5, 5.41) is 14.2. The van der Waals surface area contributed by atoms with Gasteiger partial charge in [-0.05, 0) is 61.1 Å². The maximum atomic E-state index is 13.8. The monoisotopic (exact) mass is 522 g/mol. The van der Waals surface area contributed by atoms with Crippen molar-refractivity contribution in [2.75, 3.05) is 6.54 Å². The van der Waals surface area contributed by atoms with Gasteiger partial charge < -0.3 is 15.2 Å². The first-order chi connectivity index (χ1) is 17.6. The minimum atomic E-state index is -0.759. The van der Waals surface area contributed by atoms with Crippen molar-refractivity contribution < 1.29 is 14.4 Å². The van der Waals surface area contributed by atoms with Gasteiger partial charge in [0, 0.05) is 34.8 Å². The molecule has 3 fully saturated rings. The summed E-state index contributed by atoms with van der Waals surface area (Å²) in [6.45, 7) is 4.66. The molecule has 196 valence electrons. The van der Waals surface area contributed by atoms with Crippen LogP contribution in [0.4, 0.5) is 0 Å². The number of carbonyl (C=O) groups excluding carboxylic acids is 3. The van der Waals surface area contributed by atoms with E-state index in [4.69, 9.17) is 11.6 Å². The van der Waals surface area contributed by atoms with Gasteiger partial charge in [0.2, 0.25) is 5.91 Å². The van der Waals surface area contributed by atoms with E-state index in [0.29, 0.717) is 36.5 Å². The van der Waals surface area contributed by atoms with E-state index in [1.807, 2.05) is 6.07 Å². The van der Waals surface area contributed by atoms with Crippen molar-refractivity contribution in [3.05, 3.63) is 35.0 Å². The summed E-state index contributed by atoms with van der Waals surface area (Å²) in [5.41, 5.74) is 1.06. The number of fused-ring (bicyclic) bond motifs is 1. The predicted molar refractivity (Wildman–Crippen MR) is 142 cm³/mol. The van der Waals surface area contributed by atoms with Gasteiger partial charge >= 0.3 is 0 Å². The van der Waals surface area contributed by atoms with Crippen molar-refractivity contribution in [2.45, 2.75) is 83.7 Å². The Balaban J connectivity index is 1.36. The largest absolute Gasteiger partial charge is 0.350 e. The number of aromatic nitrogens is 1. The maximum absolute atomic E-state index is 13.8. The molecule has 5 rings (SSSR count). The van der Waals surface area contributed by atoms with Crippen LogP contribution in [-0.4, -0.2) is 46.1 Å². The van der Waals surface area contributed by atoms with Gasteiger partial charge in [-0.15, -0.1) is 0 Å². The third-order valence-corrected chi connectivity index (χ3v) is 8.94. The predicted octanol–water partition coefficient (Wildman–Crippen LogP) is 5.39. The van der Waals surface area contributed by atoms with Crippen LogP contribution in [0.1, 0.15) is 82.1 Å². The number of likely N-dealkylation sites (tertiary alicyclic amines) is 1. The SMILES string of the molecule is CC1(C)CC(=O)[C@H](C[C@@H](C#N)NC(=O)C2CC3(CCCCC3)CN2C(=O)c2cc3ccc(Cl)cc3[nH]2)C1. The highest BCUT2D eigenvalue weighted by Gasteiger charge is 2.49. The van der Waals surface area contributed by atoms with Crippen molar-refractivity contribution in [3.63, 3.8) is 0 Å². The Bertz CT molecular complexity index is 1270. The van der Waals surface area contributed by atoms with Crippen LogP contribution in [0, 0.1) is 28.1 Å². The van der Waals surface area contributed by atoms with E-state index in [-0.39, 0.29) is 34.3 Å². The number of nitriles is 1. The van der Waals surface area contributed by atoms with E-state index in [0.717, 1.165) is 43.0 Å². The molecular weight excluding hydrogens is 488 g/mol. The lowest BCUT2D eigenvalue weighted by molar-refractivity contribution is -0.126. The van der Waals surface area contributed by atoms with E-state index in [2.05, 4.69) is 30.2 Å². The first kappa shape index (κ1) is 25.8. The minimum Gasteiger partial charge on any atom is -0.350 e. The molecular formula is C29H35ClN4O3. The quantitative estimate of drug-likeness (QED) is 0.549. The topological polar surface area (TPSA) is 106 Å². The summed E-state index contributed by atoms with van der Waals surface area (Å²) in [4.78, 5) is 44.8. The molecule has 2 amide bonds. The average molecular weight is 523 g/mol. The molecule has 1 unspecified atom stereocenters. The van der Waals surface area contributed by atoms with Crippen molar-refractivity contribution in [3.8, 4) is 6.07 Å². The third-order valence-electron chi connectivity index (χ3n) is 8.70. The number of Topliss-reactive ketones (excluding diaryl/α,β-unsaturated/α-hetero) is 1. The van der Waals surface area contributed by atoms with Gasteiger partial charge in [-0.1, -0.05) is 50.8 Å². The highest BCUT2D eigenvalue weighted by atomic mass is 35.5. The zero-order valence-corrected chi connectivity index (χ0v) is 22.4. The number of amides is 2. The number of nitrogens with one attached hydrogen (secondary N) is 2. The van der Waals surface area contributed by atoms with Crippen LogP contribution in [0.5, 0.6) is 0 Å². The van der Waals surface area contributed by atoms with Crippen LogP contribution in [0.15, 0.2) is 24.3 Å². The summed E-state index contributed by atoms with van der Waals surface area (Å²) >= 11 is 6.13. The second-order valence-corrected chi connectivity index (χ2v) is 12.7. The molecule has 1 aromatic carbocycles. The smallest absolute Gasteiger partial charge is 0.271 e. The van der Waals surface area contributed by atoms with E-state index < -0.39 is 12.1 Å². The van der Waals surface area contributed by atoms with E-state index in [9.17, 15) is 19.6 Å². The molecule has 0 radical (unpaired) electrons. The first-order valence-corrected chi connectivity index (χ1v) is 13.8. The minimum absolute atomic E-state index is 0.0706. The Kier molecular flexibility index (Phi) is 6.83. The first-order valence-electron chi connectivity index (χ1n) is 13.4. The van der Waals surface area contributed by atoms with Crippen LogP contribution >= 0.6 is 11.6 Å². The lowest BCUT2D eigenvalue weighted by Gasteiger charge is -2.32. The van der Waals surface area contributed by atoms with E-state index in [1.165, 1.54) is 6.42 Å². The van der Waals surface area contributed by atoms with Gasteiger partial charge in [-0.2, -0.15) is 5.26 Å². The number of rotatable bonds is 5. The fourth-order valence-corrected chi connectivity index (χ4v) is 7.09. The lowest BCUT2D eigenvalue weighted by Crippen LogP contribution is -2.49. The molecule has 2 heterocycles. The number of carbonyl (C=O) groups is 3. The molecule has 7 nitrogen and oxygen atoms in total. The van der Waals surface area contributed by atoms with Crippen molar-refractivity contribution in [1.82, 2.24) is 15.2 Å². The molecule has 1 aromatic heterocycles. The summed E-state index contributed by atoms with van der Waals surface area (Å²) in [7, 11) is 0. The van der Waals surface area contributed by atoms with Gasteiger partial charge in [-0.3, -0.25) is 14.4 Å². The molecule has 2 aromatic rings. The van der Waals surface area contributed by atoms with Crippen LogP contribution in [0.3, 0.4) is 0 Å².